The second-order valence-corrected chi connectivity index (χ2v) is 5.64. The minimum atomic E-state index is -0.449. The summed E-state index contributed by atoms with van der Waals surface area (Å²) in [5.74, 6) is 0. The van der Waals surface area contributed by atoms with Crippen LogP contribution in [0.5, 0.6) is 0 Å². The Morgan fingerprint density at radius 3 is 2.26 bits per heavy atom. The van der Waals surface area contributed by atoms with Gasteiger partial charge in [-0.15, -0.1) is 0 Å². The Bertz CT molecular complexity index is 563. The fourth-order valence-corrected chi connectivity index (χ4v) is 2.62. The van der Waals surface area contributed by atoms with E-state index in [0.29, 0.717) is 0 Å². The van der Waals surface area contributed by atoms with Crippen molar-refractivity contribution in [2.24, 2.45) is 0 Å². The number of halogens is 1. The number of aryl methyl sites for hydroxylation is 1. The summed E-state index contributed by atoms with van der Waals surface area (Å²) in [6, 6.07) is 14.3. The second-order valence-electron chi connectivity index (χ2n) is 4.78. The fraction of sp³-hybridized carbons (Fsp3) is 0.250. The summed E-state index contributed by atoms with van der Waals surface area (Å²) in [7, 11) is 2.03. The van der Waals surface area contributed by atoms with Crippen LogP contribution < -0.4 is 4.90 Å². The molecule has 0 bridgehead atoms. The molecular weight excluding hydrogens is 302 g/mol. The molecule has 0 amide bonds. The highest BCUT2D eigenvalue weighted by molar-refractivity contribution is 9.10. The Morgan fingerprint density at radius 1 is 1.11 bits per heavy atom. The Balaban J connectivity index is 2.33. The molecule has 0 radical (unpaired) electrons. The predicted octanol–water partition coefficient (Wildman–Crippen LogP) is 4.58. The first-order valence-corrected chi connectivity index (χ1v) is 7.06. The lowest BCUT2D eigenvalue weighted by Gasteiger charge is -2.22. The van der Waals surface area contributed by atoms with Crippen LogP contribution in [0.2, 0.25) is 0 Å². The molecule has 19 heavy (non-hydrogen) atoms. The maximum absolute atomic E-state index is 9.59. The Labute approximate surface area is 122 Å². The molecule has 2 aromatic rings. The molecule has 2 rings (SSSR count). The summed E-state index contributed by atoms with van der Waals surface area (Å²) in [5, 5.41) is 9.59. The van der Waals surface area contributed by atoms with Crippen LogP contribution >= 0.6 is 15.9 Å². The van der Waals surface area contributed by atoms with Crippen molar-refractivity contribution >= 4 is 27.3 Å². The molecule has 3 heteroatoms. The molecule has 1 atom stereocenters. The van der Waals surface area contributed by atoms with E-state index in [4.69, 9.17) is 0 Å². The lowest BCUT2D eigenvalue weighted by atomic mass is 10.1. The van der Waals surface area contributed by atoms with E-state index < -0.39 is 6.10 Å². The molecule has 0 saturated carbocycles. The van der Waals surface area contributed by atoms with E-state index in [1.165, 1.54) is 5.56 Å². The van der Waals surface area contributed by atoms with Crippen molar-refractivity contribution < 1.29 is 5.11 Å². The molecular formula is C16H18BrNO. The molecule has 2 aromatic carbocycles. The summed E-state index contributed by atoms with van der Waals surface area (Å²) >= 11 is 3.58. The van der Waals surface area contributed by atoms with Crippen LogP contribution in [0.3, 0.4) is 0 Å². The highest BCUT2D eigenvalue weighted by Gasteiger charge is 2.10. The zero-order chi connectivity index (χ0) is 14.0. The van der Waals surface area contributed by atoms with Crippen molar-refractivity contribution in [2.75, 3.05) is 11.9 Å². The van der Waals surface area contributed by atoms with E-state index in [9.17, 15) is 5.11 Å². The van der Waals surface area contributed by atoms with Gasteiger partial charge in [-0.05, 0) is 59.6 Å². The first-order valence-electron chi connectivity index (χ1n) is 6.27. The first kappa shape index (κ1) is 14.1. The molecule has 0 saturated heterocycles. The summed E-state index contributed by atoms with van der Waals surface area (Å²) in [6.07, 6.45) is -0.449. The van der Waals surface area contributed by atoms with Crippen LogP contribution in [0.1, 0.15) is 24.2 Å². The number of rotatable bonds is 3. The van der Waals surface area contributed by atoms with Crippen LogP contribution in [0, 0.1) is 6.92 Å². The molecule has 0 heterocycles. The molecule has 0 fully saturated rings. The number of benzene rings is 2. The van der Waals surface area contributed by atoms with E-state index in [2.05, 4.69) is 52.0 Å². The Morgan fingerprint density at radius 2 is 1.74 bits per heavy atom. The lowest BCUT2D eigenvalue weighted by molar-refractivity contribution is 0.199. The van der Waals surface area contributed by atoms with E-state index in [1.807, 2.05) is 25.2 Å². The minimum Gasteiger partial charge on any atom is -0.389 e. The van der Waals surface area contributed by atoms with Crippen molar-refractivity contribution in [3.63, 3.8) is 0 Å². The highest BCUT2D eigenvalue weighted by atomic mass is 79.9. The van der Waals surface area contributed by atoms with Gasteiger partial charge in [0.25, 0.3) is 0 Å². The SMILES string of the molecule is Cc1ccc(N(C)c2ccc(C(C)O)cc2Br)cc1. The van der Waals surface area contributed by atoms with Crippen molar-refractivity contribution in [3.8, 4) is 0 Å². The highest BCUT2D eigenvalue weighted by Crippen LogP contribution is 2.32. The smallest absolute Gasteiger partial charge is 0.0762 e. The summed E-state index contributed by atoms with van der Waals surface area (Å²) < 4.78 is 0.981. The average molecular weight is 320 g/mol. The van der Waals surface area contributed by atoms with Crippen molar-refractivity contribution in [1.29, 1.82) is 0 Å². The zero-order valence-corrected chi connectivity index (χ0v) is 13.0. The van der Waals surface area contributed by atoms with Crippen molar-refractivity contribution in [2.45, 2.75) is 20.0 Å². The maximum Gasteiger partial charge on any atom is 0.0762 e. The van der Waals surface area contributed by atoms with Crippen LogP contribution in [0.15, 0.2) is 46.9 Å². The fourth-order valence-electron chi connectivity index (χ4n) is 1.96. The van der Waals surface area contributed by atoms with E-state index in [0.717, 1.165) is 21.4 Å². The largest absolute Gasteiger partial charge is 0.389 e. The van der Waals surface area contributed by atoms with Crippen LogP contribution in [-0.2, 0) is 0 Å². The van der Waals surface area contributed by atoms with Gasteiger partial charge in [0.2, 0.25) is 0 Å². The first-order chi connectivity index (χ1) is 8.99. The summed E-state index contributed by atoms with van der Waals surface area (Å²) in [4.78, 5) is 2.12. The van der Waals surface area contributed by atoms with Crippen LogP contribution in [0.25, 0.3) is 0 Å². The second kappa shape index (κ2) is 5.76. The lowest BCUT2D eigenvalue weighted by Crippen LogP contribution is -2.10. The minimum absolute atomic E-state index is 0.449. The van der Waals surface area contributed by atoms with E-state index >= 15 is 0 Å². The van der Waals surface area contributed by atoms with E-state index in [1.54, 1.807) is 6.92 Å². The van der Waals surface area contributed by atoms with Gasteiger partial charge in [0.05, 0.1) is 11.8 Å². The van der Waals surface area contributed by atoms with Gasteiger partial charge in [-0.25, -0.2) is 0 Å². The van der Waals surface area contributed by atoms with Crippen LogP contribution in [0.4, 0.5) is 11.4 Å². The van der Waals surface area contributed by atoms with Crippen molar-refractivity contribution in [3.05, 3.63) is 58.1 Å². The Hall–Kier alpha value is -1.32. The molecule has 0 aliphatic heterocycles. The van der Waals surface area contributed by atoms with Gasteiger partial charge in [0, 0.05) is 17.2 Å². The normalized spacial score (nSPS) is 12.3. The third kappa shape index (κ3) is 3.17. The molecule has 0 aliphatic rings. The zero-order valence-electron chi connectivity index (χ0n) is 11.4. The number of anilines is 2. The van der Waals surface area contributed by atoms with Gasteiger partial charge >= 0.3 is 0 Å². The third-order valence-electron chi connectivity index (χ3n) is 3.24. The quantitative estimate of drug-likeness (QED) is 0.895. The molecule has 0 aliphatic carbocycles. The van der Waals surface area contributed by atoms with Crippen LogP contribution in [-0.4, -0.2) is 12.2 Å². The monoisotopic (exact) mass is 319 g/mol. The molecule has 0 spiro atoms. The summed E-state index contributed by atoms with van der Waals surface area (Å²) in [5.41, 5.74) is 4.37. The molecule has 100 valence electrons. The maximum atomic E-state index is 9.59. The number of hydrogen-bond acceptors (Lipinski definition) is 2. The number of nitrogens with zero attached hydrogens (tertiary/aromatic N) is 1. The number of hydrogen-bond donors (Lipinski definition) is 1. The molecule has 0 aromatic heterocycles. The van der Waals surface area contributed by atoms with Gasteiger partial charge in [0.1, 0.15) is 0 Å². The number of aliphatic hydroxyl groups is 1. The topological polar surface area (TPSA) is 23.5 Å². The van der Waals surface area contributed by atoms with Gasteiger partial charge < -0.3 is 10.0 Å². The molecule has 2 nitrogen and oxygen atoms in total. The average Bonchev–Trinajstić information content (AvgIpc) is 2.38. The molecule has 1 N–H and O–H groups in total. The van der Waals surface area contributed by atoms with Gasteiger partial charge in [-0.1, -0.05) is 23.8 Å². The molecule has 1 unspecified atom stereocenters. The van der Waals surface area contributed by atoms with Crippen molar-refractivity contribution in [1.82, 2.24) is 0 Å². The van der Waals surface area contributed by atoms with E-state index in [-0.39, 0.29) is 0 Å². The predicted molar refractivity (Wildman–Crippen MR) is 84.0 cm³/mol. The van der Waals surface area contributed by atoms with Gasteiger partial charge in [-0.2, -0.15) is 0 Å². The third-order valence-corrected chi connectivity index (χ3v) is 3.87. The van der Waals surface area contributed by atoms with Gasteiger partial charge in [-0.3, -0.25) is 0 Å². The summed E-state index contributed by atoms with van der Waals surface area (Å²) in [6.45, 7) is 3.85. The van der Waals surface area contributed by atoms with Gasteiger partial charge in [0.15, 0.2) is 0 Å². The standard InChI is InChI=1S/C16H18BrNO/c1-11-4-7-14(8-5-11)18(3)16-9-6-13(12(2)19)10-15(16)17/h4-10,12,19H,1-3H3. The Kier molecular flexibility index (Phi) is 4.27. The number of aliphatic hydroxyl groups excluding tert-OH is 1.